The van der Waals surface area contributed by atoms with Crippen molar-refractivity contribution >= 4 is 28.6 Å². The Morgan fingerprint density at radius 3 is 2.69 bits per heavy atom. The topological polar surface area (TPSA) is 96.1 Å². The van der Waals surface area contributed by atoms with Crippen LogP contribution in [0.25, 0.3) is 11.2 Å². The minimum Gasteiger partial charge on any atom is -0.390 e. The largest absolute Gasteiger partial charge is 0.390 e. The van der Waals surface area contributed by atoms with Crippen molar-refractivity contribution in [3.63, 3.8) is 0 Å². The van der Waals surface area contributed by atoms with Crippen LogP contribution in [-0.4, -0.2) is 41.9 Å². The standard InChI is InChI=1S/C21H22ClN5O2/c22-21-25-19(23-8-11-3-1-2-4-12(11)10-5-6-10)15-20(26-21)27(9-24-15)16-13-7-14(13)17(28)18(16)29/h1-4,9-10,13-14,16-18,28-29H,5-8H2,(H,23,25,26)/t13-,14+,16+,17+,18-/m0/s1. The van der Waals surface area contributed by atoms with Gasteiger partial charge in [-0.05, 0) is 59.7 Å². The van der Waals surface area contributed by atoms with E-state index in [1.165, 1.54) is 24.0 Å². The maximum absolute atomic E-state index is 10.5. The Labute approximate surface area is 172 Å². The molecule has 3 fully saturated rings. The molecule has 8 heteroatoms. The molecular weight excluding hydrogens is 390 g/mol. The molecule has 0 spiro atoms. The number of hydrogen-bond donors (Lipinski definition) is 3. The van der Waals surface area contributed by atoms with Gasteiger partial charge in [0.1, 0.15) is 6.10 Å². The van der Waals surface area contributed by atoms with Crippen LogP contribution in [-0.2, 0) is 6.54 Å². The van der Waals surface area contributed by atoms with Crippen molar-refractivity contribution in [2.24, 2.45) is 11.8 Å². The van der Waals surface area contributed by atoms with E-state index in [2.05, 4.69) is 44.5 Å². The first-order valence-corrected chi connectivity index (χ1v) is 10.6. The maximum Gasteiger partial charge on any atom is 0.226 e. The third-order valence-electron chi connectivity index (χ3n) is 6.70. The summed E-state index contributed by atoms with van der Waals surface area (Å²) >= 11 is 6.23. The Morgan fingerprint density at radius 2 is 1.93 bits per heavy atom. The van der Waals surface area contributed by atoms with Crippen molar-refractivity contribution in [1.29, 1.82) is 0 Å². The maximum atomic E-state index is 10.5. The lowest BCUT2D eigenvalue weighted by Crippen LogP contribution is -2.31. The van der Waals surface area contributed by atoms with Crippen molar-refractivity contribution in [2.45, 2.75) is 50.0 Å². The molecule has 2 aromatic heterocycles. The highest BCUT2D eigenvalue weighted by Crippen LogP contribution is 2.58. The van der Waals surface area contributed by atoms with E-state index in [4.69, 9.17) is 11.6 Å². The van der Waals surface area contributed by atoms with Gasteiger partial charge in [0.25, 0.3) is 0 Å². The minimum atomic E-state index is -0.813. The number of aromatic nitrogens is 4. The highest BCUT2D eigenvalue weighted by molar-refractivity contribution is 6.28. The molecule has 3 aromatic rings. The molecular formula is C21H22ClN5O2. The Balaban J connectivity index is 1.33. The lowest BCUT2D eigenvalue weighted by molar-refractivity contribution is 0.00386. The number of anilines is 1. The van der Waals surface area contributed by atoms with Gasteiger partial charge in [-0.1, -0.05) is 24.3 Å². The number of rotatable bonds is 5. The molecule has 3 aliphatic carbocycles. The predicted octanol–water partition coefficient (Wildman–Crippen LogP) is 2.88. The van der Waals surface area contributed by atoms with Crippen LogP contribution in [0.5, 0.6) is 0 Å². The highest BCUT2D eigenvalue weighted by atomic mass is 35.5. The first-order chi connectivity index (χ1) is 14.1. The van der Waals surface area contributed by atoms with Crippen LogP contribution in [0, 0.1) is 11.8 Å². The molecule has 6 rings (SSSR count). The average Bonchev–Trinajstić information content (AvgIpc) is 3.63. The zero-order valence-corrected chi connectivity index (χ0v) is 16.5. The van der Waals surface area contributed by atoms with E-state index in [0.29, 0.717) is 29.4 Å². The number of nitrogens with zero attached hydrogens (tertiary/aromatic N) is 4. The van der Waals surface area contributed by atoms with Gasteiger partial charge in [0.15, 0.2) is 17.0 Å². The normalized spacial score (nSPS) is 30.5. The van der Waals surface area contributed by atoms with E-state index in [-0.39, 0.29) is 23.2 Å². The van der Waals surface area contributed by atoms with Crippen molar-refractivity contribution in [3.05, 3.63) is 47.0 Å². The van der Waals surface area contributed by atoms with E-state index < -0.39 is 12.2 Å². The summed E-state index contributed by atoms with van der Waals surface area (Å²) in [6, 6.07) is 8.26. The molecule has 0 unspecified atom stereocenters. The Kier molecular flexibility index (Phi) is 3.88. The van der Waals surface area contributed by atoms with Crippen LogP contribution in [0.4, 0.5) is 5.82 Å². The van der Waals surface area contributed by atoms with Gasteiger partial charge >= 0.3 is 0 Å². The van der Waals surface area contributed by atoms with E-state index in [1.807, 2.05) is 4.57 Å². The smallest absolute Gasteiger partial charge is 0.226 e. The summed E-state index contributed by atoms with van der Waals surface area (Å²) in [6.07, 6.45) is 3.61. The Hall–Kier alpha value is -2.22. The summed E-state index contributed by atoms with van der Waals surface area (Å²) < 4.78 is 1.86. The lowest BCUT2D eigenvalue weighted by Gasteiger charge is -2.22. The first-order valence-electron chi connectivity index (χ1n) is 10.2. The quantitative estimate of drug-likeness (QED) is 0.559. The molecule has 3 aliphatic rings. The molecule has 7 nitrogen and oxygen atoms in total. The molecule has 1 aromatic carbocycles. The van der Waals surface area contributed by atoms with Gasteiger partial charge in [0.2, 0.25) is 5.28 Å². The number of nitrogens with one attached hydrogen (secondary N) is 1. The fourth-order valence-corrected chi connectivity index (χ4v) is 5.16. The fourth-order valence-electron chi connectivity index (χ4n) is 5.00. The van der Waals surface area contributed by atoms with E-state index >= 15 is 0 Å². The van der Waals surface area contributed by atoms with Crippen LogP contribution in [0.1, 0.15) is 42.3 Å². The molecule has 5 atom stereocenters. The third-order valence-corrected chi connectivity index (χ3v) is 6.87. The predicted molar refractivity (Wildman–Crippen MR) is 109 cm³/mol. The second-order valence-corrected chi connectivity index (χ2v) is 8.87. The zero-order chi connectivity index (χ0) is 19.7. The average molecular weight is 412 g/mol. The molecule has 0 amide bonds. The second kappa shape index (κ2) is 6.39. The van der Waals surface area contributed by atoms with Gasteiger partial charge in [-0.15, -0.1) is 0 Å². The second-order valence-electron chi connectivity index (χ2n) is 8.53. The van der Waals surface area contributed by atoms with E-state index in [0.717, 1.165) is 6.42 Å². The van der Waals surface area contributed by atoms with Crippen LogP contribution in [0.15, 0.2) is 30.6 Å². The number of imidazole rings is 1. The van der Waals surface area contributed by atoms with Gasteiger partial charge in [0, 0.05) is 6.54 Å². The minimum absolute atomic E-state index is 0.137. The summed E-state index contributed by atoms with van der Waals surface area (Å²) in [6.45, 7) is 0.636. The number of fused-ring (bicyclic) bond motifs is 2. The van der Waals surface area contributed by atoms with Crippen molar-refractivity contribution in [2.75, 3.05) is 5.32 Å². The van der Waals surface area contributed by atoms with Gasteiger partial charge in [0.05, 0.1) is 18.5 Å². The molecule has 2 heterocycles. The summed E-state index contributed by atoms with van der Waals surface area (Å²) in [7, 11) is 0. The summed E-state index contributed by atoms with van der Waals surface area (Å²) in [4.78, 5) is 13.3. The monoisotopic (exact) mass is 411 g/mol. The summed E-state index contributed by atoms with van der Waals surface area (Å²) in [5.74, 6) is 1.68. The van der Waals surface area contributed by atoms with Gasteiger partial charge in [-0.2, -0.15) is 9.97 Å². The number of aliphatic hydroxyl groups is 2. The first kappa shape index (κ1) is 17.6. The highest BCUT2D eigenvalue weighted by Gasteiger charge is 2.60. The molecule has 3 saturated carbocycles. The lowest BCUT2D eigenvalue weighted by atomic mass is 10.0. The number of hydrogen-bond acceptors (Lipinski definition) is 6. The third kappa shape index (κ3) is 2.83. The molecule has 150 valence electrons. The zero-order valence-electron chi connectivity index (χ0n) is 15.7. The van der Waals surface area contributed by atoms with Crippen LogP contribution in [0.2, 0.25) is 5.28 Å². The Bertz CT molecular complexity index is 1100. The van der Waals surface area contributed by atoms with Crippen molar-refractivity contribution < 1.29 is 10.2 Å². The van der Waals surface area contributed by atoms with Crippen LogP contribution in [0.3, 0.4) is 0 Å². The number of halogens is 1. The van der Waals surface area contributed by atoms with E-state index in [9.17, 15) is 10.2 Å². The van der Waals surface area contributed by atoms with Gasteiger partial charge in [-0.25, -0.2) is 4.98 Å². The SMILES string of the molecule is O[C@@H]1[C@H](O)[C@@H]2C[C@@H]2[C@H]1n1cnc2c(NCc3ccccc3C3CC3)nc(Cl)nc21. The molecule has 0 radical (unpaired) electrons. The van der Waals surface area contributed by atoms with Gasteiger partial charge < -0.3 is 20.1 Å². The fraction of sp³-hybridized carbons (Fsp3) is 0.476. The van der Waals surface area contributed by atoms with E-state index in [1.54, 1.807) is 6.33 Å². The van der Waals surface area contributed by atoms with Gasteiger partial charge in [-0.3, -0.25) is 0 Å². The molecule has 0 aliphatic heterocycles. The van der Waals surface area contributed by atoms with Crippen LogP contribution >= 0.6 is 11.6 Å². The number of aliphatic hydroxyl groups excluding tert-OH is 2. The number of benzene rings is 1. The summed E-state index contributed by atoms with van der Waals surface area (Å²) in [5, 5.41) is 24.2. The Morgan fingerprint density at radius 1 is 1.10 bits per heavy atom. The summed E-state index contributed by atoms with van der Waals surface area (Å²) in [5.41, 5.74) is 3.87. The molecule has 0 bridgehead atoms. The molecule has 3 N–H and O–H groups in total. The molecule has 29 heavy (non-hydrogen) atoms. The van der Waals surface area contributed by atoms with Crippen molar-refractivity contribution in [3.8, 4) is 0 Å². The van der Waals surface area contributed by atoms with Crippen LogP contribution < -0.4 is 5.32 Å². The van der Waals surface area contributed by atoms with Crippen molar-refractivity contribution in [1.82, 2.24) is 19.5 Å². The molecule has 0 saturated heterocycles.